The van der Waals surface area contributed by atoms with E-state index < -0.39 is 0 Å². The van der Waals surface area contributed by atoms with Gasteiger partial charge in [0.25, 0.3) is 5.56 Å². The molecule has 2 aliphatic carbocycles. The first-order chi connectivity index (χ1) is 8.66. The first kappa shape index (κ1) is 11.8. The number of rotatable bonds is 3. The molecule has 0 radical (unpaired) electrons. The summed E-state index contributed by atoms with van der Waals surface area (Å²) in [7, 11) is 0. The summed E-state index contributed by atoms with van der Waals surface area (Å²) < 4.78 is 1.83. The van der Waals surface area contributed by atoms with Crippen molar-refractivity contribution >= 4 is 5.82 Å². The SMILES string of the molecule is CC1CCC(Nc2nccn(C3CC3)c2=O)C1C. The third-order valence-electron chi connectivity index (χ3n) is 4.60. The Morgan fingerprint density at radius 3 is 2.67 bits per heavy atom. The van der Waals surface area contributed by atoms with Crippen molar-refractivity contribution in [2.75, 3.05) is 5.32 Å². The van der Waals surface area contributed by atoms with E-state index >= 15 is 0 Å². The lowest BCUT2D eigenvalue weighted by molar-refractivity contribution is 0.434. The molecule has 0 aromatic carbocycles. The van der Waals surface area contributed by atoms with Crippen LogP contribution in [-0.2, 0) is 0 Å². The Kier molecular flexibility index (Phi) is 2.88. The van der Waals surface area contributed by atoms with Crippen LogP contribution >= 0.6 is 0 Å². The molecule has 4 nitrogen and oxygen atoms in total. The lowest BCUT2D eigenvalue weighted by Crippen LogP contribution is -2.31. The van der Waals surface area contributed by atoms with E-state index in [4.69, 9.17) is 0 Å². The van der Waals surface area contributed by atoms with Crippen LogP contribution in [0.3, 0.4) is 0 Å². The summed E-state index contributed by atoms with van der Waals surface area (Å²) >= 11 is 0. The average molecular weight is 247 g/mol. The van der Waals surface area contributed by atoms with Gasteiger partial charge in [-0.3, -0.25) is 4.79 Å². The fraction of sp³-hybridized carbons (Fsp3) is 0.714. The van der Waals surface area contributed by atoms with E-state index in [9.17, 15) is 4.79 Å². The summed E-state index contributed by atoms with van der Waals surface area (Å²) in [6.45, 7) is 4.55. The zero-order valence-electron chi connectivity index (χ0n) is 11.1. The molecule has 2 fully saturated rings. The molecule has 2 saturated carbocycles. The van der Waals surface area contributed by atoms with Crippen LogP contribution in [0.2, 0.25) is 0 Å². The molecule has 1 aromatic heterocycles. The number of anilines is 1. The van der Waals surface area contributed by atoms with Crippen molar-refractivity contribution in [1.82, 2.24) is 9.55 Å². The van der Waals surface area contributed by atoms with Crippen molar-refractivity contribution in [3.8, 4) is 0 Å². The van der Waals surface area contributed by atoms with Gasteiger partial charge in [0.15, 0.2) is 5.82 Å². The monoisotopic (exact) mass is 247 g/mol. The van der Waals surface area contributed by atoms with Gasteiger partial charge in [-0.25, -0.2) is 4.98 Å². The van der Waals surface area contributed by atoms with Crippen LogP contribution in [0, 0.1) is 11.8 Å². The maximum atomic E-state index is 12.3. The molecular weight excluding hydrogens is 226 g/mol. The fourth-order valence-electron chi connectivity index (χ4n) is 2.91. The van der Waals surface area contributed by atoms with Crippen LogP contribution in [0.5, 0.6) is 0 Å². The minimum Gasteiger partial charge on any atom is -0.362 e. The lowest BCUT2D eigenvalue weighted by atomic mass is 9.98. The molecule has 3 rings (SSSR count). The molecule has 1 heterocycles. The highest BCUT2D eigenvalue weighted by Gasteiger charge is 2.31. The van der Waals surface area contributed by atoms with Crippen LogP contribution in [0.25, 0.3) is 0 Å². The fourth-order valence-corrected chi connectivity index (χ4v) is 2.91. The van der Waals surface area contributed by atoms with Crippen LogP contribution in [0.4, 0.5) is 5.82 Å². The van der Waals surface area contributed by atoms with Crippen molar-refractivity contribution in [2.45, 2.75) is 51.6 Å². The first-order valence-electron chi connectivity index (χ1n) is 7.00. The molecule has 98 valence electrons. The van der Waals surface area contributed by atoms with Gasteiger partial charge in [0.05, 0.1) is 0 Å². The normalized spacial score (nSPS) is 31.6. The first-order valence-corrected chi connectivity index (χ1v) is 7.00. The molecule has 3 unspecified atom stereocenters. The highest BCUT2D eigenvalue weighted by Crippen LogP contribution is 2.34. The van der Waals surface area contributed by atoms with Gasteiger partial charge < -0.3 is 9.88 Å². The number of aromatic nitrogens is 2. The third-order valence-corrected chi connectivity index (χ3v) is 4.60. The van der Waals surface area contributed by atoms with E-state index in [0.717, 1.165) is 25.2 Å². The number of nitrogens with one attached hydrogen (secondary N) is 1. The molecule has 2 aliphatic rings. The Balaban J connectivity index is 1.80. The molecule has 3 atom stereocenters. The molecule has 0 spiro atoms. The van der Waals surface area contributed by atoms with E-state index in [1.165, 1.54) is 6.42 Å². The minimum absolute atomic E-state index is 0.0479. The quantitative estimate of drug-likeness (QED) is 0.892. The van der Waals surface area contributed by atoms with Crippen molar-refractivity contribution < 1.29 is 0 Å². The molecule has 0 amide bonds. The van der Waals surface area contributed by atoms with E-state index in [2.05, 4.69) is 24.1 Å². The van der Waals surface area contributed by atoms with E-state index in [0.29, 0.717) is 23.8 Å². The Hall–Kier alpha value is -1.32. The van der Waals surface area contributed by atoms with Crippen molar-refractivity contribution in [3.63, 3.8) is 0 Å². The standard InChI is InChI=1S/C14H21N3O/c1-9-3-6-12(10(9)2)16-13-14(18)17(8-7-15-13)11-4-5-11/h7-12H,3-6H2,1-2H3,(H,15,16). The molecular formula is C14H21N3O. The van der Waals surface area contributed by atoms with E-state index in [-0.39, 0.29) is 5.56 Å². The zero-order chi connectivity index (χ0) is 12.7. The lowest BCUT2D eigenvalue weighted by Gasteiger charge is -2.20. The second-order valence-electron chi connectivity index (χ2n) is 5.88. The molecule has 0 bridgehead atoms. The van der Waals surface area contributed by atoms with Gasteiger partial charge in [0.2, 0.25) is 0 Å². The minimum atomic E-state index is 0.0479. The highest BCUT2D eigenvalue weighted by atomic mass is 16.1. The van der Waals surface area contributed by atoms with Crippen LogP contribution in [0.15, 0.2) is 17.2 Å². The Bertz CT molecular complexity index is 492. The molecule has 0 aliphatic heterocycles. The summed E-state index contributed by atoms with van der Waals surface area (Å²) in [6.07, 6.45) is 8.18. The van der Waals surface area contributed by atoms with Crippen molar-refractivity contribution in [1.29, 1.82) is 0 Å². The Labute approximate surface area is 107 Å². The zero-order valence-corrected chi connectivity index (χ0v) is 11.1. The van der Waals surface area contributed by atoms with Crippen LogP contribution < -0.4 is 10.9 Å². The van der Waals surface area contributed by atoms with Crippen LogP contribution in [0.1, 0.15) is 45.6 Å². The summed E-state index contributed by atoms with van der Waals surface area (Å²) in [5.74, 6) is 1.88. The maximum Gasteiger partial charge on any atom is 0.293 e. The largest absolute Gasteiger partial charge is 0.362 e. The third kappa shape index (κ3) is 2.04. The second-order valence-corrected chi connectivity index (χ2v) is 5.88. The smallest absolute Gasteiger partial charge is 0.293 e. The van der Waals surface area contributed by atoms with Gasteiger partial charge in [-0.2, -0.15) is 0 Å². The maximum absolute atomic E-state index is 12.3. The number of hydrogen-bond acceptors (Lipinski definition) is 3. The Morgan fingerprint density at radius 2 is 2.06 bits per heavy atom. The van der Waals surface area contributed by atoms with Gasteiger partial charge in [-0.15, -0.1) is 0 Å². The predicted molar refractivity (Wildman–Crippen MR) is 71.7 cm³/mol. The molecule has 0 saturated heterocycles. The Morgan fingerprint density at radius 1 is 1.28 bits per heavy atom. The van der Waals surface area contributed by atoms with Gasteiger partial charge in [-0.1, -0.05) is 13.8 Å². The van der Waals surface area contributed by atoms with Gasteiger partial charge in [0.1, 0.15) is 0 Å². The molecule has 1 N–H and O–H groups in total. The summed E-state index contributed by atoms with van der Waals surface area (Å²) in [6, 6.07) is 0.816. The molecule has 4 heteroatoms. The summed E-state index contributed by atoms with van der Waals surface area (Å²) in [5.41, 5.74) is 0.0479. The molecule has 1 aromatic rings. The highest BCUT2D eigenvalue weighted by molar-refractivity contribution is 5.33. The topological polar surface area (TPSA) is 46.9 Å². The summed E-state index contributed by atoms with van der Waals surface area (Å²) in [4.78, 5) is 16.5. The van der Waals surface area contributed by atoms with Crippen molar-refractivity contribution in [3.05, 3.63) is 22.7 Å². The average Bonchev–Trinajstić information content (AvgIpc) is 3.15. The number of hydrogen-bond donors (Lipinski definition) is 1. The predicted octanol–water partition coefficient (Wildman–Crippen LogP) is 2.42. The second kappa shape index (κ2) is 4.41. The van der Waals surface area contributed by atoms with Gasteiger partial charge in [0, 0.05) is 24.5 Å². The van der Waals surface area contributed by atoms with E-state index in [1.807, 2.05) is 10.8 Å². The number of nitrogens with zero attached hydrogens (tertiary/aromatic N) is 2. The van der Waals surface area contributed by atoms with Gasteiger partial charge in [-0.05, 0) is 37.5 Å². The van der Waals surface area contributed by atoms with Crippen LogP contribution in [-0.4, -0.2) is 15.6 Å². The summed E-state index contributed by atoms with van der Waals surface area (Å²) in [5, 5.41) is 3.37. The van der Waals surface area contributed by atoms with Gasteiger partial charge >= 0.3 is 0 Å². The van der Waals surface area contributed by atoms with Crippen molar-refractivity contribution in [2.24, 2.45) is 11.8 Å². The molecule has 18 heavy (non-hydrogen) atoms. The van der Waals surface area contributed by atoms with E-state index in [1.54, 1.807) is 6.20 Å².